The highest BCUT2D eigenvalue weighted by Gasteiger charge is 2.21. The standard InChI is InChI=1S/C19H14ClN3S/c20-16-11-5-4-10-15(16)19(24-14-8-2-1-3-9-14)23-18-13-7-6-12-17(18)21-22-23/h1-13,19H. The molecule has 1 atom stereocenters. The Morgan fingerprint density at radius 1 is 0.833 bits per heavy atom. The van der Waals surface area contributed by atoms with Crippen molar-refractivity contribution in [3.05, 3.63) is 89.4 Å². The van der Waals surface area contributed by atoms with Crippen molar-refractivity contribution in [1.82, 2.24) is 15.0 Å². The van der Waals surface area contributed by atoms with Gasteiger partial charge in [0.25, 0.3) is 0 Å². The maximum Gasteiger partial charge on any atom is 0.131 e. The van der Waals surface area contributed by atoms with E-state index in [-0.39, 0.29) is 5.37 Å². The second-order valence-electron chi connectivity index (χ2n) is 5.33. The van der Waals surface area contributed by atoms with E-state index in [0.717, 1.165) is 26.5 Å². The smallest absolute Gasteiger partial charge is 0.131 e. The largest absolute Gasteiger partial charge is 0.227 e. The summed E-state index contributed by atoms with van der Waals surface area (Å²) in [5.41, 5.74) is 2.89. The molecule has 0 N–H and O–H groups in total. The van der Waals surface area contributed by atoms with E-state index in [9.17, 15) is 0 Å². The molecule has 118 valence electrons. The molecule has 0 radical (unpaired) electrons. The first-order valence-corrected chi connectivity index (χ1v) is 8.85. The van der Waals surface area contributed by atoms with Crippen LogP contribution in [-0.2, 0) is 0 Å². The molecule has 1 heterocycles. The number of halogens is 1. The third-order valence-electron chi connectivity index (χ3n) is 3.76. The van der Waals surface area contributed by atoms with Crippen molar-refractivity contribution in [2.24, 2.45) is 0 Å². The molecule has 0 fully saturated rings. The highest BCUT2D eigenvalue weighted by molar-refractivity contribution is 7.99. The van der Waals surface area contributed by atoms with Crippen LogP contribution < -0.4 is 0 Å². The number of benzene rings is 3. The average molecular weight is 352 g/mol. The van der Waals surface area contributed by atoms with Gasteiger partial charge in [0.15, 0.2) is 0 Å². The van der Waals surface area contributed by atoms with E-state index >= 15 is 0 Å². The molecule has 0 aliphatic heterocycles. The molecule has 4 rings (SSSR count). The fraction of sp³-hybridized carbons (Fsp3) is 0.0526. The monoisotopic (exact) mass is 351 g/mol. The van der Waals surface area contributed by atoms with Gasteiger partial charge in [-0.05, 0) is 30.3 Å². The summed E-state index contributed by atoms with van der Waals surface area (Å²) in [7, 11) is 0. The Balaban J connectivity index is 1.86. The van der Waals surface area contributed by atoms with E-state index in [1.165, 1.54) is 0 Å². The zero-order chi connectivity index (χ0) is 16.4. The molecule has 0 bridgehead atoms. The molecule has 0 aliphatic carbocycles. The first-order chi connectivity index (χ1) is 11.8. The Morgan fingerprint density at radius 3 is 2.38 bits per heavy atom. The number of rotatable bonds is 4. The zero-order valence-corrected chi connectivity index (χ0v) is 14.3. The molecule has 1 aromatic heterocycles. The number of aromatic nitrogens is 3. The van der Waals surface area contributed by atoms with E-state index in [0.29, 0.717) is 0 Å². The van der Waals surface area contributed by atoms with E-state index < -0.39 is 0 Å². The molecule has 0 saturated heterocycles. The number of thioether (sulfide) groups is 1. The van der Waals surface area contributed by atoms with Crippen molar-refractivity contribution in [2.45, 2.75) is 10.3 Å². The van der Waals surface area contributed by atoms with Crippen molar-refractivity contribution in [1.29, 1.82) is 0 Å². The Morgan fingerprint density at radius 2 is 1.54 bits per heavy atom. The molecule has 1 unspecified atom stereocenters. The molecular formula is C19H14ClN3S. The molecular weight excluding hydrogens is 338 g/mol. The highest BCUT2D eigenvalue weighted by atomic mass is 35.5. The van der Waals surface area contributed by atoms with E-state index in [1.54, 1.807) is 11.8 Å². The lowest BCUT2D eigenvalue weighted by molar-refractivity contribution is 0.655. The fourth-order valence-electron chi connectivity index (χ4n) is 2.61. The summed E-state index contributed by atoms with van der Waals surface area (Å²) in [6, 6.07) is 26.1. The molecule has 4 aromatic rings. The Labute approximate surface area is 149 Å². The van der Waals surface area contributed by atoms with Crippen LogP contribution in [0.15, 0.2) is 83.8 Å². The third-order valence-corrected chi connectivity index (χ3v) is 5.33. The summed E-state index contributed by atoms with van der Waals surface area (Å²) >= 11 is 8.18. The minimum atomic E-state index is -0.0894. The molecule has 3 nitrogen and oxygen atoms in total. The Bertz CT molecular complexity index is 968. The van der Waals surface area contributed by atoms with E-state index in [2.05, 4.69) is 22.4 Å². The Hall–Kier alpha value is -2.30. The van der Waals surface area contributed by atoms with Crippen LogP contribution in [0, 0.1) is 0 Å². The minimum absolute atomic E-state index is 0.0894. The molecule has 0 saturated carbocycles. The molecule has 0 aliphatic rings. The SMILES string of the molecule is Clc1ccccc1C(Sc1ccccc1)n1nnc2ccccc21. The van der Waals surface area contributed by atoms with Crippen LogP contribution in [0.1, 0.15) is 10.9 Å². The van der Waals surface area contributed by atoms with Gasteiger partial charge in [0.05, 0.1) is 5.52 Å². The number of nitrogens with zero attached hydrogens (tertiary/aromatic N) is 3. The predicted octanol–water partition coefficient (Wildman–Crippen LogP) is 5.42. The number of hydrogen-bond acceptors (Lipinski definition) is 3. The lowest BCUT2D eigenvalue weighted by Gasteiger charge is -2.19. The molecule has 5 heteroatoms. The summed E-state index contributed by atoms with van der Waals surface area (Å²) in [5, 5.41) is 9.33. The fourth-order valence-corrected chi connectivity index (χ4v) is 4.07. The van der Waals surface area contributed by atoms with E-state index in [1.807, 2.05) is 71.4 Å². The van der Waals surface area contributed by atoms with Gasteiger partial charge in [0, 0.05) is 15.5 Å². The van der Waals surface area contributed by atoms with Gasteiger partial charge < -0.3 is 0 Å². The molecule has 3 aromatic carbocycles. The van der Waals surface area contributed by atoms with Crippen LogP contribution in [0.5, 0.6) is 0 Å². The van der Waals surface area contributed by atoms with Crippen LogP contribution in [0.2, 0.25) is 5.02 Å². The average Bonchev–Trinajstić information content (AvgIpc) is 3.05. The second-order valence-corrected chi connectivity index (χ2v) is 6.89. The van der Waals surface area contributed by atoms with Crippen LogP contribution in [0.25, 0.3) is 11.0 Å². The van der Waals surface area contributed by atoms with Gasteiger partial charge in [-0.3, -0.25) is 0 Å². The maximum atomic E-state index is 6.48. The van der Waals surface area contributed by atoms with Crippen molar-refractivity contribution in [3.8, 4) is 0 Å². The number of hydrogen-bond donors (Lipinski definition) is 0. The van der Waals surface area contributed by atoms with Gasteiger partial charge in [-0.2, -0.15) is 0 Å². The first kappa shape index (κ1) is 15.2. The molecule has 24 heavy (non-hydrogen) atoms. The quantitative estimate of drug-likeness (QED) is 0.460. The van der Waals surface area contributed by atoms with Crippen LogP contribution in [-0.4, -0.2) is 15.0 Å². The topological polar surface area (TPSA) is 30.7 Å². The van der Waals surface area contributed by atoms with E-state index in [4.69, 9.17) is 11.6 Å². The van der Waals surface area contributed by atoms with Crippen molar-refractivity contribution >= 4 is 34.4 Å². The third kappa shape index (κ3) is 2.90. The number of para-hydroxylation sites is 1. The highest BCUT2D eigenvalue weighted by Crippen LogP contribution is 2.40. The summed E-state index contributed by atoms with van der Waals surface area (Å²) in [6.07, 6.45) is 0. The summed E-state index contributed by atoms with van der Waals surface area (Å²) in [4.78, 5) is 1.15. The lowest BCUT2D eigenvalue weighted by Crippen LogP contribution is -2.09. The summed E-state index contributed by atoms with van der Waals surface area (Å²) < 4.78 is 1.94. The minimum Gasteiger partial charge on any atom is -0.227 e. The van der Waals surface area contributed by atoms with Crippen molar-refractivity contribution in [3.63, 3.8) is 0 Å². The normalized spacial score (nSPS) is 12.4. The second kappa shape index (κ2) is 6.67. The van der Waals surface area contributed by atoms with Crippen LogP contribution >= 0.6 is 23.4 Å². The predicted molar refractivity (Wildman–Crippen MR) is 99.4 cm³/mol. The van der Waals surface area contributed by atoms with Gasteiger partial charge in [-0.15, -0.1) is 5.10 Å². The van der Waals surface area contributed by atoms with Gasteiger partial charge in [0.1, 0.15) is 10.9 Å². The molecule has 0 amide bonds. The van der Waals surface area contributed by atoms with Crippen LogP contribution in [0.4, 0.5) is 0 Å². The summed E-state index contributed by atoms with van der Waals surface area (Å²) in [6.45, 7) is 0. The van der Waals surface area contributed by atoms with Crippen LogP contribution in [0.3, 0.4) is 0 Å². The lowest BCUT2D eigenvalue weighted by atomic mass is 10.2. The molecule has 0 spiro atoms. The number of fused-ring (bicyclic) bond motifs is 1. The summed E-state index contributed by atoms with van der Waals surface area (Å²) in [5.74, 6) is 0. The van der Waals surface area contributed by atoms with Gasteiger partial charge in [-0.25, -0.2) is 4.68 Å². The first-order valence-electron chi connectivity index (χ1n) is 7.59. The van der Waals surface area contributed by atoms with Gasteiger partial charge in [0.2, 0.25) is 0 Å². The zero-order valence-electron chi connectivity index (χ0n) is 12.7. The van der Waals surface area contributed by atoms with Crippen molar-refractivity contribution < 1.29 is 0 Å². The van der Waals surface area contributed by atoms with Gasteiger partial charge in [-0.1, -0.05) is 77.1 Å². The van der Waals surface area contributed by atoms with Gasteiger partial charge >= 0.3 is 0 Å². The maximum absolute atomic E-state index is 6.48. The Kier molecular flexibility index (Phi) is 4.24. The van der Waals surface area contributed by atoms with Crippen molar-refractivity contribution in [2.75, 3.05) is 0 Å².